The van der Waals surface area contributed by atoms with E-state index in [9.17, 15) is 9.59 Å². The number of hydrogen-bond donors (Lipinski definition) is 1. The van der Waals surface area contributed by atoms with Crippen LogP contribution in [0.3, 0.4) is 0 Å². The molecule has 0 rings (SSSR count). The summed E-state index contributed by atoms with van der Waals surface area (Å²) in [5, 5.41) is 3.18. The van der Waals surface area contributed by atoms with Crippen molar-refractivity contribution < 1.29 is 9.59 Å². The van der Waals surface area contributed by atoms with Crippen LogP contribution >= 0.6 is 0 Å². The molecule has 0 bridgehead atoms. The van der Waals surface area contributed by atoms with Crippen molar-refractivity contribution in [2.24, 2.45) is 5.41 Å². The van der Waals surface area contributed by atoms with Crippen LogP contribution in [0.4, 0.5) is 0 Å². The zero-order valence-electron chi connectivity index (χ0n) is 17.7. The minimum Gasteiger partial charge on any atom is -0.349 e. The Labute approximate surface area is 150 Å². The molecule has 0 spiro atoms. The van der Waals surface area contributed by atoms with Crippen LogP contribution in [0.15, 0.2) is 0 Å². The first-order valence-electron chi connectivity index (χ1n) is 8.97. The molecule has 0 aromatic heterocycles. The van der Waals surface area contributed by atoms with Crippen molar-refractivity contribution in [3.8, 4) is 0 Å². The van der Waals surface area contributed by atoms with Crippen LogP contribution < -0.4 is 5.32 Å². The largest absolute Gasteiger partial charge is 0.349 e. The third kappa shape index (κ3) is 15.8. The number of hydrogen-bond acceptors (Lipinski definition) is 3. The highest BCUT2D eigenvalue weighted by Crippen LogP contribution is 2.21. The second-order valence-electron chi connectivity index (χ2n) is 8.31. The normalized spacial score (nSPS) is 11.2. The lowest BCUT2D eigenvalue weighted by Gasteiger charge is -2.24. The fourth-order valence-electron chi connectivity index (χ4n) is 1.64. The third-order valence-electron chi connectivity index (χ3n) is 3.65. The number of nitrogens with zero attached hydrogens (tertiary/aromatic N) is 2. The lowest BCUT2D eigenvalue weighted by Crippen LogP contribution is -2.33. The van der Waals surface area contributed by atoms with Crippen LogP contribution in [-0.4, -0.2) is 61.4 Å². The molecular formula is C19H41N3O2. The molecular weight excluding hydrogens is 302 g/mol. The van der Waals surface area contributed by atoms with Gasteiger partial charge in [-0.2, -0.15) is 0 Å². The van der Waals surface area contributed by atoms with Crippen LogP contribution in [-0.2, 0) is 9.59 Å². The SMILES string of the molecule is CC(C)N(C)C(=O)CCC(C)(C)C.CC(C)NCCC(=O)N(C)C. The predicted molar refractivity (Wildman–Crippen MR) is 103 cm³/mol. The van der Waals surface area contributed by atoms with E-state index in [-0.39, 0.29) is 17.2 Å². The molecule has 0 saturated carbocycles. The van der Waals surface area contributed by atoms with Gasteiger partial charge in [0.25, 0.3) is 0 Å². The van der Waals surface area contributed by atoms with E-state index >= 15 is 0 Å². The number of rotatable bonds is 7. The highest BCUT2D eigenvalue weighted by molar-refractivity contribution is 5.76. The Bertz CT molecular complexity index is 358. The fraction of sp³-hybridized carbons (Fsp3) is 0.895. The maximum absolute atomic E-state index is 11.6. The van der Waals surface area contributed by atoms with E-state index in [0.29, 0.717) is 24.9 Å². The molecule has 0 aliphatic rings. The van der Waals surface area contributed by atoms with E-state index < -0.39 is 0 Å². The van der Waals surface area contributed by atoms with Gasteiger partial charge in [0.1, 0.15) is 0 Å². The summed E-state index contributed by atoms with van der Waals surface area (Å²) in [7, 11) is 5.42. The van der Waals surface area contributed by atoms with E-state index in [1.165, 1.54) is 0 Å². The van der Waals surface area contributed by atoms with Crippen molar-refractivity contribution in [3.05, 3.63) is 0 Å². The van der Waals surface area contributed by atoms with Gasteiger partial charge in [0, 0.05) is 52.6 Å². The summed E-state index contributed by atoms with van der Waals surface area (Å²) in [5.41, 5.74) is 0.257. The summed E-state index contributed by atoms with van der Waals surface area (Å²) < 4.78 is 0. The molecule has 24 heavy (non-hydrogen) atoms. The molecule has 5 heteroatoms. The van der Waals surface area contributed by atoms with E-state index in [1.54, 1.807) is 19.0 Å². The van der Waals surface area contributed by atoms with E-state index in [1.807, 2.05) is 25.8 Å². The Morgan fingerprint density at radius 3 is 1.75 bits per heavy atom. The van der Waals surface area contributed by atoms with Crippen LogP contribution in [0.25, 0.3) is 0 Å². The molecule has 0 atom stereocenters. The van der Waals surface area contributed by atoms with Crippen molar-refractivity contribution in [2.45, 2.75) is 79.8 Å². The summed E-state index contributed by atoms with van der Waals surface area (Å²) in [4.78, 5) is 26.0. The fourth-order valence-corrected chi connectivity index (χ4v) is 1.64. The molecule has 0 aliphatic carbocycles. The molecule has 0 fully saturated rings. The minimum absolute atomic E-state index is 0.179. The summed E-state index contributed by atoms with van der Waals surface area (Å²) in [6.45, 7) is 15.5. The van der Waals surface area contributed by atoms with Crippen LogP contribution in [0, 0.1) is 5.41 Å². The van der Waals surface area contributed by atoms with Crippen LogP contribution in [0.5, 0.6) is 0 Å². The van der Waals surface area contributed by atoms with Gasteiger partial charge in [-0.1, -0.05) is 34.6 Å². The van der Waals surface area contributed by atoms with Gasteiger partial charge in [0.05, 0.1) is 0 Å². The first-order chi connectivity index (χ1) is 10.8. The molecule has 0 heterocycles. The topological polar surface area (TPSA) is 52.7 Å². The van der Waals surface area contributed by atoms with Gasteiger partial charge in [-0.3, -0.25) is 9.59 Å². The summed E-state index contributed by atoms with van der Waals surface area (Å²) in [6.07, 6.45) is 2.21. The molecule has 1 N–H and O–H groups in total. The predicted octanol–water partition coefficient (Wildman–Crippen LogP) is 3.14. The number of nitrogens with one attached hydrogen (secondary N) is 1. The smallest absolute Gasteiger partial charge is 0.223 e. The highest BCUT2D eigenvalue weighted by Gasteiger charge is 2.16. The van der Waals surface area contributed by atoms with Gasteiger partial charge in [-0.05, 0) is 25.7 Å². The molecule has 2 amide bonds. The Balaban J connectivity index is 0. The minimum atomic E-state index is 0.179. The van der Waals surface area contributed by atoms with E-state index in [2.05, 4.69) is 39.9 Å². The quantitative estimate of drug-likeness (QED) is 0.772. The van der Waals surface area contributed by atoms with Crippen molar-refractivity contribution in [3.63, 3.8) is 0 Å². The summed E-state index contributed by atoms with van der Waals surface area (Å²) >= 11 is 0. The molecule has 0 radical (unpaired) electrons. The van der Waals surface area contributed by atoms with Gasteiger partial charge < -0.3 is 15.1 Å². The molecule has 0 aromatic carbocycles. The van der Waals surface area contributed by atoms with Crippen molar-refractivity contribution >= 4 is 11.8 Å². The Morgan fingerprint density at radius 2 is 1.42 bits per heavy atom. The maximum Gasteiger partial charge on any atom is 0.223 e. The van der Waals surface area contributed by atoms with Crippen LogP contribution in [0.1, 0.15) is 67.7 Å². The standard InChI is InChI=1S/C11H23NO.C8H18N2O/c1-9(2)12(6)10(13)7-8-11(3,4)5;1-7(2)9-6-5-8(11)10(3)4/h9H,7-8H2,1-6H3;7,9H,5-6H2,1-4H3. The lowest BCUT2D eigenvalue weighted by molar-refractivity contribution is -0.132. The molecule has 0 aromatic rings. The maximum atomic E-state index is 11.6. The molecule has 0 aliphatic heterocycles. The van der Waals surface area contributed by atoms with Gasteiger partial charge in [-0.15, -0.1) is 0 Å². The average molecular weight is 344 g/mol. The summed E-state index contributed by atoms with van der Waals surface area (Å²) in [5.74, 6) is 0.433. The number of carbonyl (C=O) groups is 2. The third-order valence-corrected chi connectivity index (χ3v) is 3.65. The van der Waals surface area contributed by atoms with E-state index in [0.717, 1.165) is 13.0 Å². The highest BCUT2D eigenvalue weighted by atomic mass is 16.2. The monoisotopic (exact) mass is 343 g/mol. The van der Waals surface area contributed by atoms with Crippen molar-refractivity contribution in [1.29, 1.82) is 0 Å². The molecule has 0 saturated heterocycles. The van der Waals surface area contributed by atoms with Crippen molar-refractivity contribution in [2.75, 3.05) is 27.7 Å². The van der Waals surface area contributed by atoms with Crippen molar-refractivity contribution in [1.82, 2.24) is 15.1 Å². The summed E-state index contributed by atoms with van der Waals surface area (Å²) in [6, 6.07) is 0.775. The van der Waals surface area contributed by atoms with Gasteiger partial charge in [-0.25, -0.2) is 0 Å². The van der Waals surface area contributed by atoms with Gasteiger partial charge in [0.15, 0.2) is 0 Å². The van der Waals surface area contributed by atoms with Crippen LogP contribution in [0.2, 0.25) is 0 Å². The zero-order chi connectivity index (χ0) is 19.5. The molecule has 0 unspecified atom stereocenters. The van der Waals surface area contributed by atoms with Gasteiger partial charge >= 0.3 is 0 Å². The first kappa shape index (κ1) is 25.1. The lowest BCUT2D eigenvalue weighted by atomic mass is 9.90. The molecule has 5 nitrogen and oxygen atoms in total. The Hall–Kier alpha value is -1.10. The van der Waals surface area contributed by atoms with E-state index in [4.69, 9.17) is 0 Å². The first-order valence-corrected chi connectivity index (χ1v) is 8.97. The second-order valence-corrected chi connectivity index (χ2v) is 8.31. The van der Waals surface area contributed by atoms with Gasteiger partial charge in [0.2, 0.25) is 11.8 Å². The number of amides is 2. The number of carbonyl (C=O) groups excluding carboxylic acids is 2. The molecule has 144 valence electrons. The Morgan fingerprint density at radius 1 is 0.917 bits per heavy atom. The Kier molecular flexibility index (Phi) is 12.9. The average Bonchev–Trinajstić information content (AvgIpc) is 2.43. The second kappa shape index (κ2) is 12.3. The zero-order valence-corrected chi connectivity index (χ0v) is 17.7.